The van der Waals surface area contributed by atoms with Gasteiger partial charge in [0, 0.05) is 62.1 Å². The Bertz CT molecular complexity index is 865. The Balaban J connectivity index is 1.56. The fraction of sp³-hybridized carbons (Fsp3) is 0.828. The molecule has 6 nitrogen and oxygen atoms in total. The highest BCUT2D eigenvalue weighted by Crippen LogP contribution is 2.65. The zero-order valence-electron chi connectivity index (χ0n) is 22.4. The molecule has 1 N–H and O–H groups in total. The molecule has 1 heterocycles. The standard InChI is InChI=1S/C29H46N2O4/c1-5-30(6-2)27(35)24-12-11-22-21-19-31(17-9-7-8-10-26(33)34)25-18-20(32)13-15-29(25,4)23(21)14-16-28(22,24)3/h18,21-24H,5-17,19H2,1-4H3,(H,33,34)/t21-,22-,23+,24?,28-,29+/m0/s1. The monoisotopic (exact) mass is 486 g/mol. The molecule has 1 aliphatic heterocycles. The number of rotatable bonds is 9. The van der Waals surface area contributed by atoms with Crippen LogP contribution in [0, 0.1) is 34.5 Å². The van der Waals surface area contributed by atoms with Crippen molar-refractivity contribution < 1.29 is 19.5 Å². The van der Waals surface area contributed by atoms with Gasteiger partial charge in [-0.25, -0.2) is 0 Å². The zero-order chi connectivity index (χ0) is 25.4. The molecule has 1 unspecified atom stereocenters. The smallest absolute Gasteiger partial charge is 0.303 e. The first-order valence-corrected chi connectivity index (χ1v) is 14.2. The van der Waals surface area contributed by atoms with Crippen LogP contribution >= 0.6 is 0 Å². The van der Waals surface area contributed by atoms with E-state index >= 15 is 0 Å². The Labute approximate surface area is 211 Å². The van der Waals surface area contributed by atoms with E-state index in [-0.39, 0.29) is 29.0 Å². The maximum Gasteiger partial charge on any atom is 0.303 e. The van der Waals surface area contributed by atoms with Crippen LogP contribution in [0.2, 0.25) is 0 Å². The van der Waals surface area contributed by atoms with Crippen LogP contribution in [0.3, 0.4) is 0 Å². The van der Waals surface area contributed by atoms with Gasteiger partial charge in [-0.2, -0.15) is 0 Å². The molecule has 0 bridgehead atoms. The molecule has 4 aliphatic rings. The second-order valence-corrected chi connectivity index (χ2v) is 12.1. The van der Waals surface area contributed by atoms with Crippen molar-refractivity contribution in [3.8, 4) is 0 Å². The molecule has 6 heteroatoms. The van der Waals surface area contributed by atoms with Gasteiger partial charge < -0.3 is 14.9 Å². The lowest BCUT2D eigenvalue weighted by molar-refractivity contribution is -0.143. The van der Waals surface area contributed by atoms with Gasteiger partial charge in [-0.3, -0.25) is 14.4 Å². The first-order valence-electron chi connectivity index (χ1n) is 14.2. The summed E-state index contributed by atoms with van der Waals surface area (Å²) in [5.41, 5.74) is 1.33. The fourth-order valence-corrected chi connectivity index (χ4v) is 8.54. The van der Waals surface area contributed by atoms with Gasteiger partial charge >= 0.3 is 5.97 Å². The number of piperidine rings is 1. The molecule has 0 aromatic rings. The van der Waals surface area contributed by atoms with E-state index in [1.54, 1.807) is 0 Å². The van der Waals surface area contributed by atoms with E-state index in [2.05, 4.69) is 32.6 Å². The van der Waals surface area contributed by atoms with Crippen LogP contribution in [0.4, 0.5) is 0 Å². The van der Waals surface area contributed by atoms with Gasteiger partial charge in [-0.15, -0.1) is 0 Å². The normalized spacial score (nSPS) is 36.2. The number of carboxylic acid groups (broad SMARTS) is 1. The predicted octanol–water partition coefficient (Wildman–Crippen LogP) is 5.13. The summed E-state index contributed by atoms with van der Waals surface area (Å²) in [6.45, 7) is 12.4. The van der Waals surface area contributed by atoms with E-state index in [0.29, 0.717) is 36.5 Å². The van der Waals surface area contributed by atoms with Gasteiger partial charge in [0.1, 0.15) is 0 Å². The van der Waals surface area contributed by atoms with E-state index in [1.165, 1.54) is 5.70 Å². The SMILES string of the molecule is CCN(CC)C(=O)C1CC[C@H]2[C@@H]3CN(CCCCCC(=O)O)C4=CC(=O)CC[C@]4(C)[C@@H]3CC[C@]12C. The zero-order valence-corrected chi connectivity index (χ0v) is 22.4. The number of amides is 1. The van der Waals surface area contributed by atoms with Gasteiger partial charge in [0.25, 0.3) is 0 Å². The van der Waals surface area contributed by atoms with E-state index in [0.717, 1.165) is 71.1 Å². The third-order valence-corrected chi connectivity index (χ3v) is 10.5. The average Bonchev–Trinajstić information content (AvgIpc) is 3.17. The van der Waals surface area contributed by atoms with Crippen molar-refractivity contribution in [2.45, 2.75) is 91.9 Å². The second-order valence-electron chi connectivity index (χ2n) is 12.1. The lowest BCUT2D eigenvalue weighted by atomic mass is 9.49. The molecular formula is C29H46N2O4. The number of hydrogen-bond acceptors (Lipinski definition) is 4. The predicted molar refractivity (Wildman–Crippen MR) is 137 cm³/mol. The molecule has 0 aromatic carbocycles. The largest absolute Gasteiger partial charge is 0.481 e. The lowest BCUT2D eigenvalue weighted by Gasteiger charge is -2.61. The van der Waals surface area contributed by atoms with E-state index < -0.39 is 5.97 Å². The first kappa shape index (κ1) is 26.2. The third-order valence-electron chi connectivity index (χ3n) is 10.5. The molecule has 1 amide bonds. The van der Waals surface area contributed by atoms with Crippen LogP contribution in [0.5, 0.6) is 0 Å². The van der Waals surface area contributed by atoms with E-state index in [1.807, 2.05) is 11.0 Å². The quantitative estimate of drug-likeness (QED) is 0.457. The Hall–Kier alpha value is -1.85. The number of carboxylic acids is 1. The van der Waals surface area contributed by atoms with Crippen molar-refractivity contribution in [1.82, 2.24) is 9.80 Å². The maximum atomic E-state index is 13.5. The molecule has 35 heavy (non-hydrogen) atoms. The summed E-state index contributed by atoms with van der Waals surface area (Å²) >= 11 is 0. The Morgan fingerprint density at radius 2 is 1.80 bits per heavy atom. The van der Waals surface area contributed by atoms with Crippen molar-refractivity contribution in [3.05, 3.63) is 11.8 Å². The minimum Gasteiger partial charge on any atom is -0.481 e. The second kappa shape index (κ2) is 10.3. The van der Waals surface area contributed by atoms with Gasteiger partial charge in [-0.05, 0) is 82.0 Å². The molecule has 0 aromatic heterocycles. The molecular weight excluding hydrogens is 440 g/mol. The number of unbranched alkanes of at least 4 members (excludes halogenated alkanes) is 2. The van der Waals surface area contributed by atoms with Crippen molar-refractivity contribution in [2.75, 3.05) is 26.2 Å². The summed E-state index contributed by atoms with van der Waals surface area (Å²) in [7, 11) is 0. The fourth-order valence-electron chi connectivity index (χ4n) is 8.54. The van der Waals surface area contributed by atoms with Crippen LogP contribution in [0.1, 0.15) is 91.9 Å². The highest BCUT2D eigenvalue weighted by molar-refractivity contribution is 5.91. The Kier molecular flexibility index (Phi) is 7.68. The average molecular weight is 487 g/mol. The molecule has 6 atom stereocenters. The minimum atomic E-state index is -0.726. The summed E-state index contributed by atoms with van der Waals surface area (Å²) in [5.74, 6) is 1.70. The highest BCUT2D eigenvalue weighted by Gasteiger charge is 2.61. The minimum absolute atomic E-state index is 0.0280. The number of aliphatic carboxylic acids is 1. The number of carbonyl (C=O) groups is 3. The van der Waals surface area contributed by atoms with Crippen molar-refractivity contribution in [1.29, 1.82) is 0 Å². The van der Waals surface area contributed by atoms with Gasteiger partial charge in [0.05, 0.1) is 0 Å². The van der Waals surface area contributed by atoms with E-state index in [9.17, 15) is 14.4 Å². The number of carbonyl (C=O) groups excluding carboxylic acids is 2. The third kappa shape index (κ3) is 4.67. The van der Waals surface area contributed by atoms with Gasteiger partial charge in [0.2, 0.25) is 5.91 Å². The van der Waals surface area contributed by atoms with Crippen LogP contribution in [-0.4, -0.2) is 58.7 Å². The van der Waals surface area contributed by atoms with Crippen molar-refractivity contribution >= 4 is 17.7 Å². The number of hydrogen-bond donors (Lipinski definition) is 1. The molecule has 196 valence electrons. The molecule has 3 aliphatic carbocycles. The highest BCUT2D eigenvalue weighted by atomic mass is 16.4. The number of likely N-dealkylation sites (tertiary alicyclic amines) is 1. The molecule has 3 fully saturated rings. The summed E-state index contributed by atoms with van der Waals surface area (Å²) < 4.78 is 0. The van der Waals surface area contributed by atoms with Gasteiger partial charge in [-0.1, -0.05) is 20.3 Å². The van der Waals surface area contributed by atoms with Crippen LogP contribution < -0.4 is 0 Å². The van der Waals surface area contributed by atoms with E-state index in [4.69, 9.17) is 5.11 Å². The van der Waals surface area contributed by atoms with Crippen LogP contribution in [0.25, 0.3) is 0 Å². The van der Waals surface area contributed by atoms with Crippen molar-refractivity contribution in [3.63, 3.8) is 0 Å². The summed E-state index contributed by atoms with van der Waals surface area (Å²) in [5, 5.41) is 8.96. The molecule has 4 rings (SSSR count). The number of ketones is 1. The molecule has 1 saturated heterocycles. The Morgan fingerprint density at radius 3 is 2.49 bits per heavy atom. The summed E-state index contributed by atoms with van der Waals surface area (Å²) in [6, 6.07) is 0. The number of nitrogens with zero attached hydrogens (tertiary/aromatic N) is 2. The van der Waals surface area contributed by atoms with Crippen LogP contribution in [-0.2, 0) is 14.4 Å². The summed E-state index contributed by atoms with van der Waals surface area (Å²) in [6.07, 6.45) is 10.7. The van der Waals surface area contributed by atoms with Gasteiger partial charge in [0.15, 0.2) is 5.78 Å². The molecule has 2 saturated carbocycles. The van der Waals surface area contributed by atoms with Crippen LogP contribution in [0.15, 0.2) is 11.8 Å². The molecule has 0 spiro atoms. The number of allylic oxidation sites excluding steroid dienone is 2. The lowest BCUT2D eigenvalue weighted by Crippen LogP contribution is -2.58. The first-order chi connectivity index (χ1) is 16.7. The Morgan fingerprint density at radius 1 is 1.06 bits per heavy atom. The summed E-state index contributed by atoms with van der Waals surface area (Å²) in [4.78, 5) is 41.4. The topological polar surface area (TPSA) is 77.9 Å². The van der Waals surface area contributed by atoms with Crippen molar-refractivity contribution in [2.24, 2.45) is 34.5 Å². The molecule has 0 radical (unpaired) electrons. The maximum absolute atomic E-state index is 13.5. The number of fused-ring (bicyclic) bond motifs is 5.